The van der Waals surface area contributed by atoms with E-state index in [2.05, 4.69) is 0 Å². The van der Waals surface area contributed by atoms with Crippen LogP contribution in [0.25, 0.3) is 0 Å². The largest absolute Gasteiger partial charge is 0.459 e. The molecule has 0 aromatic carbocycles. The van der Waals surface area contributed by atoms with E-state index in [-0.39, 0.29) is 12.8 Å². The number of allylic oxidation sites excluding steroid dienone is 1. The number of rotatable bonds is 4. The fraction of sp³-hybridized carbons (Fsp3) is 0.667. The first-order valence-electron chi connectivity index (χ1n) is 11.2. The first-order chi connectivity index (χ1) is 15.6. The average Bonchev–Trinajstić information content (AvgIpc) is 3.10. The summed E-state index contributed by atoms with van der Waals surface area (Å²) < 4.78 is 22.3. The monoisotopic (exact) mass is 480 g/mol. The molecule has 0 aromatic heterocycles. The van der Waals surface area contributed by atoms with Crippen LogP contribution < -0.4 is 0 Å². The smallest absolute Gasteiger partial charge is 0.341 e. The second-order valence-electron chi connectivity index (χ2n) is 9.68. The van der Waals surface area contributed by atoms with Crippen LogP contribution in [0.15, 0.2) is 22.8 Å². The van der Waals surface area contributed by atoms with Gasteiger partial charge in [-0.05, 0) is 52.2 Å². The Labute approximate surface area is 197 Å². The van der Waals surface area contributed by atoms with Crippen LogP contribution in [0.2, 0.25) is 0 Å². The van der Waals surface area contributed by atoms with Crippen molar-refractivity contribution in [1.29, 1.82) is 0 Å². The van der Waals surface area contributed by atoms with Crippen molar-refractivity contribution in [3.05, 3.63) is 22.8 Å². The molecule has 1 heterocycles. The van der Waals surface area contributed by atoms with Gasteiger partial charge >= 0.3 is 23.9 Å². The molecule has 3 rings (SSSR count). The van der Waals surface area contributed by atoms with Gasteiger partial charge in [-0.3, -0.25) is 9.59 Å². The molecule has 0 aromatic rings. The van der Waals surface area contributed by atoms with Gasteiger partial charge in [0, 0.05) is 31.8 Å². The summed E-state index contributed by atoms with van der Waals surface area (Å²) in [4.78, 5) is 49.2. The Balaban J connectivity index is 2.22. The van der Waals surface area contributed by atoms with Gasteiger partial charge in [0.25, 0.3) is 0 Å². The van der Waals surface area contributed by atoms with Crippen LogP contribution in [0.4, 0.5) is 0 Å². The molecule has 7 atom stereocenters. The van der Waals surface area contributed by atoms with E-state index in [1.165, 1.54) is 6.92 Å². The number of ether oxygens (including phenoxy) is 4. The average molecular weight is 481 g/mol. The Bertz CT molecular complexity index is 992. The topological polar surface area (TPSA) is 146 Å². The molecule has 188 valence electrons. The van der Waals surface area contributed by atoms with Gasteiger partial charge in [0.1, 0.15) is 17.8 Å². The van der Waals surface area contributed by atoms with Gasteiger partial charge in [0.15, 0.2) is 17.3 Å². The van der Waals surface area contributed by atoms with Crippen LogP contribution in [-0.2, 0) is 38.1 Å². The van der Waals surface area contributed by atoms with Gasteiger partial charge in [0.2, 0.25) is 0 Å². The molecule has 2 N–H and O–H groups in total. The number of aliphatic hydroxyl groups is 2. The van der Waals surface area contributed by atoms with Crippen molar-refractivity contribution < 1.29 is 48.3 Å². The zero-order valence-corrected chi connectivity index (χ0v) is 20.5. The Morgan fingerprint density at radius 3 is 2.24 bits per heavy atom. The van der Waals surface area contributed by atoms with Crippen LogP contribution in [0, 0.1) is 5.92 Å². The third kappa shape index (κ3) is 3.82. The molecule has 0 bridgehead atoms. The molecule has 0 unspecified atom stereocenters. The van der Waals surface area contributed by atoms with Crippen molar-refractivity contribution >= 4 is 23.9 Å². The fourth-order valence-corrected chi connectivity index (χ4v) is 5.37. The lowest BCUT2D eigenvalue weighted by Gasteiger charge is -2.40. The molecule has 0 amide bonds. The lowest BCUT2D eigenvalue weighted by Crippen LogP contribution is -2.64. The van der Waals surface area contributed by atoms with Gasteiger partial charge in [-0.25, -0.2) is 9.59 Å². The zero-order valence-electron chi connectivity index (χ0n) is 20.5. The molecule has 2 fully saturated rings. The lowest BCUT2D eigenvalue weighted by molar-refractivity contribution is -0.209. The van der Waals surface area contributed by atoms with Crippen molar-refractivity contribution in [3.8, 4) is 0 Å². The number of hydrogen-bond donors (Lipinski definition) is 2. The van der Waals surface area contributed by atoms with Crippen molar-refractivity contribution in [2.24, 2.45) is 5.92 Å². The van der Waals surface area contributed by atoms with Crippen molar-refractivity contribution in [2.75, 3.05) is 0 Å². The van der Waals surface area contributed by atoms with E-state index in [4.69, 9.17) is 18.9 Å². The fourth-order valence-electron chi connectivity index (χ4n) is 5.37. The van der Waals surface area contributed by atoms with Crippen LogP contribution >= 0.6 is 0 Å². The minimum atomic E-state index is -2.44. The number of carbonyl (C=O) groups is 4. The summed E-state index contributed by atoms with van der Waals surface area (Å²) in [6.07, 6.45) is -2.07. The Hall–Kier alpha value is -2.72. The van der Waals surface area contributed by atoms with E-state index in [1.54, 1.807) is 33.8 Å². The molecule has 1 aliphatic heterocycles. The second kappa shape index (κ2) is 8.49. The van der Waals surface area contributed by atoms with E-state index in [1.807, 2.05) is 0 Å². The predicted octanol–water partition coefficient (Wildman–Crippen LogP) is 1.27. The molecular weight excluding hydrogens is 448 g/mol. The highest BCUT2D eigenvalue weighted by Gasteiger charge is 2.74. The Morgan fingerprint density at radius 2 is 1.71 bits per heavy atom. The Kier molecular flexibility index (Phi) is 6.47. The number of hydrogen-bond acceptors (Lipinski definition) is 10. The van der Waals surface area contributed by atoms with Crippen LogP contribution in [0.3, 0.4) is 0 Å². The quantitative estimate of drug-likeness (QED) is 0.261. The normalized spacial score (nSPS) is 39.6. The molecule has 0 radical (unpaired) electrons. The molecule has 10 nitrogen and oxygen atoms in total. The summed E-state index contributed by atoms with van der Waals surface area (Å²) in [6, 6.07) is 0. The highest BCUT2D eigenvalue weighted by Crippen LogP contribution is 2.56. The summed E-state index contributed by atoms with van der Waals surface area (Å²) in [5.41, 5.74) is -4.91. The van der Waals surface area contributed by atoms with E-state index < -0.39 is 64.9 Å². The van der Waals surface area contributed by atoms with Gasteiger partial charge in [-0.15, -0.1) is 0 Å². The lowest BCUT2D eigenvalue weighted by atomic mass is 9.75. The van der Waals surface area contributed by atoms with E-state index >= 15 is 0 Å². The predicted molar refractivity (Wildman–Crippen MR) is 116 cm³/mol. The highest BCUT2D eigenvalue weighted by atomic mass is 16.6. The van der Waals surface area contributed by atoms with Crippen LogP contribution in [0.5, 0.6) is 0 Å². The molecule has 1 saturated heterocycles. The van der Waals surface area contributed by atoms with Gasteiger partial charge in [-0.2, -0.15) is 0 Å². The molecule has 1 saturated carbocycles. The highest BCUT2D eigenvalue weighted by molar-refractivity contribution is 5.88. The minimum absolute atomic E-state index is 0.173. The summed E-state index contributed by atoms with van der Waals surface area (Å²) in [5.74, 6) is -3.67. The van der Waals surface area contributed by atoms with Gasteiger partial charge < -0.3 is 29.2 Å². The van der Waals surface area contributed by atoms with Crippen molar-refractivity contribution in [2.45, 2.75) is 96.4 Å². The Morgan fingerprint density at radius 1 is 1.09 bits per heavy atom. The molecule has 34 heavy (non-hydrogen) atoms. The summed E-state index contributed by atoms with van der Waals surface area (Å²) in [5, 5.41) is 22.9. The maximum Gasteiger partial charge on any atom is 0.341 e. The first kappa shape index (κ1) is 25.9. The molecule has 3 aliphatic rings. The van der Waals surface area contributed by atoms with Crippen LogP contribution in [0.1, 0.15) is 61.3 Å². The number of fused-ring (bicyclic) bond motifs is 3. The number of carbonyl (C=O) groups excluding carboxylic acids is 4. The standard InChI is InChI=1S/C24H32O10/c1-8-11(2)20(27)32-16-9-15-18(12(16)3)19-24(30,23(7,29)21(28)33-19)17(31-13(4)25)10-22(15,6)34-14(5)26/h8,15-17,19,29-30H,9-10H2,1-7H3/b11-8-/t15-,16+,17-,19-,22-,23+,24+/m0/s1. The maximum atomic E-state index is 12.7. The first-order valence-corrected chi connectivity index (χ1v) is 11.2. The van der Waals surface area contributed by atoms with Crippen molar-refractivity contribution in [3.63, 3.8) is 0 Å². The minimum Gasteiger partial charge on any atom is -0.459 e. The number of esters is 4. The third-order valence-corrected chi connectivity index (χ3v) is 7.36. The summed E-state index contributed by atoms with van der Waals surface area (Å²) in [7, 11) is 0. The van der Waals surface area contributed by atoms with Crippen LogP contribution in [-0.4, -0.2) is 69.2 Å². The second-order valence-corrected chi connectivity index (χ2v) is 9.68. The van der Waals surface area contributed by atoms with E-state index in [9.17, 15) is 29.4 Å². The summed E-state index contributed by atoms with van der Waals surface area (Å²) >= 11 is 0. The van der Waals surface area contributed by atoms with Gasteiger partial charge in [-0.1, -0.05) is 6.08 Å². The van der Waals surface area contributed by atoms with Gasteiger partial charge in [0.05, 0.1) is 0 Å². The van der Waals surface area contributed by atoms with E-state index in [0.29, 0.717) is 16.7 Å². The SMILES string of the molecule is C/C=C(/C)C(=O)O[C@@H]1C[C@H]2C(=C1C)[C@@H]1OC(=O)[C@@](C)(O)[C@@]1(O)[C@@H](OC(C)=O)C[C@]2(C)OC(C)=O. The maximum absolute atomic E-state index is 12.7. The zero-order chi connectivity index (χ0) is 25.8. The van der Waals surface area contributed by atoms with Crippen molar-refractivity contribution in [1.82, 2.24) is 0 Å². The molecule has 0 spiro atoms. The summed E-state index contributed by atoms with van der Waals surface area (Å²) in [6.45, 7) is 10.0. The third-order valence-electron chi connectivity index (χ3n) is 7.36. The molecular formula is C24H32O10. The molecule has 2 aliphatic carbocycles. The van der Waals surface area contributed by atoms with E-state index in [0.717, 1.165) is 13.8 Å². The molecule has 10 heteroatoms.